The van der Waals surface area contributed by atoms with E-state index < -0.39 is 0 Å². The summed E-state index contributed by atoms with van der Waals surface area (Å²) in [5, 5.41) is 12.1. The fraction of sp³-hybridized carbons (Fsp3) is 0.360. The first-order valence-corrected chi connectivity index (χ1v) is 12.2. The number of hydrogen-bond acceptors (Lipinski definition) is 6. The number of anilines is 1. The maximum Gasteiger partial charge on any atom is 0.216 e. The third-order valence-corrected chi connectivity index (χ3v) is 6.51. The quantitative estimate of drug-likeness (QED) is 0.341. The van der Waals surface area contributed by atoms with Crippen LogP contribution in [0.4, 0.5) is 5.69 Å². The number of benzene rings is 2. The predicted molar refractivity (Wildman–Crippen MR) is 134 cm³/mol. The zero-order valence-electron chi connectivity index (χ0n) is 19.7. The van der Waals surface area contributed by atoms with E-state index in [4.69, 9.17) is 0 Å². The van der Waals surface area contributed by atoms with Crippen molar-refractivity contribution in [3.8, 4) is 11.4 Å². The number of aromatic nitrogens is 3. The third-order valence-electron chi connectivity index (χ3n) is 5.48. The lowest BCUT2D eigenvalue weighted by Crippen LogP contribution is -2.22. The summed E-state index contributed by atoms with van der Waals surface area (Å²) in [6.07, 6.45) is 0.737. The molecule has 7 nitrogen and oxygen atoms in total. The number of amides is 1. The first-order chi connectivity index (χ1) is 15.9. The average Bonchev–Trinajstić information content (AvgIpc) is 3.19. The molecule has 8 heteroatoms. The van der Waals surface area contributed by atoms with E-state index in [1.54, 1.807) is 0 Å². The highest BCUT2D eigenvalue weighted by Gasteiger charge is 2.14. The molecule has 1 N–H and O–H groups in total. The second-order valence-electron chi connectivity index (χ2n) is 7.73. The Morgan fingerprint density at radius 1 is 1.00 bits per heavy atom. The number of carbonyl (C=O) groups is 2. The molecule has 1 amide bonds. The highest BCUT2D eigenvalue weighted by molar-refractivity contribution is 7.99. The van der Waals surface area contributed by atoms with Gasteiger partial charge in [-0.25, -0.2) is 0 Å². The van der Waals surface area contributed by atoms with Crippen molar-refractivity contribution in [3.63, 3.8) is 0 Å². The van der Waals surface area contributed by atoms with Gasteiger partial charge in [0.05, 0.1) is 5.75 Å². The average molecular weight is 466 g/mol. The van der Waals surface area contributed by atoms with Gasteiger partial charge in [-0.2, -0.15) is 0 Å². The summed E-state index contributed by atoms with van der Waals surface area (Å²) < 4.78 is 1.93. The van der Waals surface area contributed by atoms with Gasteiger partial charge in [0.15, 0.2) is 16.8 Å². The van der Waals surface area contributed by atoms with E-state index in [0.29, 0.717) is 17.3 Å². The fourth-order valence-electron chi connectivity index (χ4n) is 3.56. The molecule has 1 heterocycles. The molecule has 0 aliphatic carbocycles. The number of rotatable bonds is 11. The standard InChI is InChI=1S/C25H31N5O2S/c1-5-30(6-2)22-13-11-21(12-14-22)24-27-28-25(29(24)4)33-17-23(32)20-9-7-19(8-10-20)15-16-26-18(3)31/h7-14H,5-6,15-17H2,1-4H3,(H,26,31). The second-order valence-corrected chi connectivity index (χ2v) is 8.67. The summed E-state index contributed by atoms with van der Waals surface area (Å²) in [5.41, 5.74) is 3.93. The monoisotopic (exact) mass is 465 g/mol. The van der Waals surface area contributed by atoms with Crippen LogP contribution in [0.3, 0.4) is 0 Å². The minimum absolute atomic E-state index is 0.0394. The van der Waals surface area contributed by atoms with Crippen LogP contribution in [0.1, 0.15) is 36.7 Å². The molecule has 0 aliphatic heterocycles. The van der Waals surface area contributed by atoms with E-state index in [0.717, 1.165) is 36.5 Å². The zero-order chi connectivity index (χ0) is 23.8. The maximum absolute atomic E-state index is 12.6. The molecule has 0 fully saturated rings. The van der Waals surface area contributed by atoms with Gasteiger partial charge in [0.2, 0.25) is 5.91 Å². The normalized spacial score (nSPS) is 10.8. The first-order valence-electron chi connectivity index (χ1n) is 11.2. The molecule has 0 bridgehead atoms. The lowest BCUT2D eigenvalue weighted by Gasteiger charge is -2.21. The molecule has 0 unspecified atom stereocenters. The van der Waals surface area contributed by atoms with Gasteiger partial charge in [0, 0.05) is 50.4 Å². The number of hydrogen-bond donors (Lipinski definition) is 1. The van der Waals surface area contributed by atoms with Gasteiger partial charge in [-0.1, -0.05) is 36.0 Å². The van der Waals surface area contributed by atoms with E-state index in [-0.39, 0.29) is 17.4 Å². The van der Waals surface area contributed by atoms with E-state index in [1.165, 1.54) is 24.4 Å². The van der Waals surface area contributed by atoms with Gasteiger partial charge in [0.1, 0.15) is 0 Å². The Morgan fingerprint density at radius 3 is 2.27 bits per heavy atom. The van der Waals surface area contributed by atoms with Crippen molar-refractivity contribution in [3.05, 3.63) is 59.7 Å². The molecule has 1 aromatic heterocycles. The van der Waals surface area contributed by atoms with Crippen LogP contribution in [-0.4, -0.2) is 51.8 Å². The number of nitrogens with one attached hydrogen (secondary N) is 1. The summed E-state index contributed by atoms with van der Waals surface area (Å²) in [7, 11) is 1.92. The van der Waals surface area contributed by atoms with Gasteiger partial charge in [0.25, 0.3) is 0 Å². The molecule has 3 rings (SSSR count). The van der Waals surface area contributed by atoms with Crippen molar-refractivity contribution >= 4 is 29.1 Å². The van der Waals surface area contributed by atoms with Gasteiger partial charge in [-0.3, -0.25) is 9.59 Å². The van der Waals surface area contributed by atoms with Crippen LogP contribution in [-0.2, 0) is 18.3 Å². The van der Waals surface area contributed by atoms with Crippen LogP contribution in [0.5, 0.6) is 0 Å². The number of nitrogens with zero attached hydrogens (tertiary/aromatic N) is 4. The SMILES string of the molecule is CCN(CC)c1ccc(-c2nnc(SCC(=O)c3ccc(CCNC(C)=O)cc3)n2C)cc1. The molecule has 2 aromatic carbocycles. The number of thioether (sulfide) groups is 1. The van der Waals surface area contributed by atoms with E-state index in [9.17, 15) is 9.59 Å². The largest absolute Gasteiger partial charge is 0.372 e. The van der Waals surface area contributed by atoms with E-state index in [1.807, 2.05) is 35.9 Å². The van der Waals surface area contributed by atoms with Crippen LogP contribution >= 0.6 is 11.8 Å². The number of ketones is 1. The fourth-order valence-corrected chi connectivity index (χ4v) is 4.36. The highest BCUT2D eigenvalue weighted by Crippen LogP contribution is 2.25. The minimum atomic E-state index is -0.0394. The third kappa shape index (κ3) is 6.44. The molecule has 174 valence electrons. The van der Waals surface area contributed by atoms with Gasteiger partial charge in [-0.05, 0) is 50.1 Å². The number of Topliss-reactive ketones (excluding diaryl/α,β-unsaturated/α-hetero) is 1. The van der Waals surface area contributed by atoms with Crippen LogP contribution in [0.2, 0.25) is 0 Å². The smallest absolute Gasteiger partial charge is 0.216 e. The molecule has 0 atom stereocenters. The van der Waals surface area contributed by atoms with Crippen molar-refractivity contribution in [2.24, 2.45) is 7.05 Å². The predicted octanol–water partition coefficient (Wildman–Crippen LogP) is 3.98. The van der Waals surface area contributed by atoms with Crippen molar-refractivity contribution < 1.29 is 9.59 Å². The van der Waals surface area contributed by atoms with Crippen LogP contribution in [0, 0.1) is 0 Å². The Labute approximate surface area is 199 Å². The van der Waals surface area contributed by atoms with Crippen molar-refractivity contribution in [2.45, 2.75) is 32.3 Å². The molecule has 33 heavy (non-hydrogen) atoms. The van der Waals surface area contributed by atoms with E-state index >= 15 is 0 Å². The molecule has 0 radical (unpaired) electrons. The summed E-state index contributed by atoms with van der Waals surface area (Å²) >= 11 is 1.39. The van der Waals surface area contributed by atoms with Crippen molar-refractivity contribution in [1.29, 1.82) is 0 Å². The molecular formula is C25H31N5O2S. The highest BCUT2D eigenvalue weighted by atomic mass is 32.2. The van der Waals surface area contributed by atoms with Crippen LogP contribution in [0.25, 0.3) is 11.4 Å². The molecule has 0 saturated heterocycles. The Morgan fingerprint density at radius 2 is 1.67 bits per heavy atom. The zero-order valence-corrected chi connectivity index (χ0v) is 20.5. The van der Waals surface area contributed by atoms with Gasteiger partial charge in [-0.15, -0.1) is 10.2 Å². The minimum Gasteiger partial charge on any atom is -0.372 e. The number of carbonyl (C=O) groups excluding carboxylic acids is 2. The Bertz CT molecular complexity index is 1070. The van der Waals surface area contributed by atoms with Crippen molar-refractivity contribution in [1.82, 2.24) is 20.1 Å². The Balaban J connectivity index is 1.59. The first kappa shape index (κ1) is 24.5. The Kier molecular flexibility index (Phi) is 8.65. The molecule has 0 aliphatic rings. The molecular weight excluding hydrogens is 434 g/mol. The summed E-state index contributed by atoms with van der Waals surface area (Å²) in [6.45, 7) is 8.32. The van der Waals surface area contributed by atoms with Crippen LogP contribution < -0.4 is 10.2 Å². The van der Waals surface area contributed by atoms with Gasteiger partial charge >= 0.3 is 0 Å². The summed E-state index contributed by atoms with van der Waals surface area (Å²) in [4.78, 5) is 25.9. The maximum atomic E-state index is 12.6. The van der Waals surface area contributed by atoms with Crippen molar-refractivity contribution in [2.75, 3.05) is 30.3 Å². The summed E-state index contributed by atoms with van der Waals surface area (Å²) in [5.74, 6) is 1.07. The lowest BCUT2D eigenvalue weighted by molar-refractivity contribution is -0.118. The Hall–Kier alpha value is -3.13. The van der Waals surface area contributed by atoms with Gasteiger partial charge < -0.3 is 14.8 Å². The van der Waals surface area contributed by atoms with Crippen LogP contribution in [0.15, 0.2) is 53.7 Å². The molecule has 0 spiro atoms. The molecule has 3 aromatic rings. The lowest BCUT2D eigenvalue weighted by atomic mass is 10.1. The second kappa shape index (κ2) is 11.7. The summed E-state index contributed by atoms with van der Waals surface area (Å²) in [6, 6.07) is 15.9. The molecule has 0 saturated carbocycles. The van der Waals surface area contributed by atoms with E-state index in [2.05, 4.69) is 58.5 Å². The topological polar surface area (TPSA) is 80.1 Å².